The Labute approximate surface area is 115 Å². The summed E-state index contributed by atoms with van der Waals surface area (Å²) in [7, 11) is 3.98. The predicted molar refractivity (Wildman–Crippen MR) is 76.8 cm³/mol. The number of nitrogens with zero attached hydrogens (tertiary/aromatic N) is 2. The van der Waals surface area contributed by atoms with Crippen molar-refractivity contribution in [1.29, 1.82) is 0 Å². The van der Waals surface area contributed by atoms with Gasteiger partial charge in [0.15, 0.2) is 0 Å². The van der Waals surface area contributed by atoms with Crippen LogP contribution in [0.4, 0.5) is 0 Å². The molecule has 1 fully saturated rings. The van der Waals surface area contributed by atoms with Crippen LogP contribution in [0.5, 0.6) is 0 Å². The van der Waals surface area contributed by atoms with Crippen molar-refractivity contribution >= 4 is 5.91 Å². The van der Waals surface area contributed by atoms with Gasteiger partial charge in [-0.25, -0.2) is 0 Å². The molecule has 19 heavy (non-hydrogen) atoms. The summed E-state index contributed by atoms with van der Waals surface area (Å²) in [5.74, 6) is 0.205. The monoisotopic (exact) mass is 261 g/mol. The Balaban J connectivity index is 1.82. The highest BCUT2D eigenvalue weighted by molar-refractivity contribution is 5.76. The number of likely N-dealkylation sites (N-methyl/N-ethyl adjacent to an activating group) is 1. The molecular formula is C15H23N3O. The summed E-state index contributed by atoms with van der Waals surface area (Å²) >= 11 is 0. The van der Waals surface area contributed by atoms with Gasteiger partial charge in [0, 0.05) is 45.7 Å². The van der Waals surface area contributed by atoms with E-state index in [1.807, 2.05) is 30.1 Å². The Bertz CT molecular complexity index is 407. The molecule has 0 aromatic heterocycles. The van der Waals surface area contributed by atoms with E-state index >= 15 is 0 Å². The third kappa shape index (κ3) is 4.33. The number of benzene rings is 1. The van der Waals surface area contributed by atoms with Gasteiger partial charge in [0.25, 0.3) is 0 Å². The summed E-state index contributed by atoms with van der Waals surface area (Å²) in [6.07, 6.45) is 0.577. The van der Waals surface area contributed by atoms with Crippen LogP contribution in [0.3, 0.4) is 0 Å². The SMILES string of the molecule is CN1CCNC(CC(=O)N(C)Cc2ccccc2)C1. The van der Waals surface area contributed by atoms with E-state index in [0.29, 0.717) is 13.0 Å². The summed E-state index contributed by atoms with van der Waals surface area (Å²) < 4.78 is 0. The maximum Gasteiger partial charge on any atom is 0.224 e. The number of hydrogen-bond donors (Lipinski definition) is 1. The minimum absolute atomic E-state index is 0.205. The van der Waals surface area contributed by atoms with E-state index in [-0.39, 0.29) is 11.9 Å². The molecule has 0 saturated carbocycles. The molecule has 1 atom stereocenters. The van der Waals surface area contributed by atoms with E-state index in [2.05, 4.69) is 29.4 Å². The van der Waals surface area contributed by atoms with Crippen molar-refractivity contribution in [2.75, 3.05) is 33.7 Å². The van der Waals surface area contributed by atoms with Crippen molar-refractivity contribution in [3.63, 3.8) is 0 Å². The van der Waals surface area contributed by atoms with Crippen LogP contribution in [0.25, 0.3) is 0 Å². The zero-order valence-corrected chi connectivity index (χ0v) is 11.8. The maximum atomic E-state index is 12.2. The summed E-state index contributed by atoms with van der Waals surface area (Å²) in [4.78, 5) is 16.3. The molecule has 1 aromatic rings. The number of carbonyl (C=O) groups is 1. The molecule has 4 heteroatoms. The van der Waals surface area contributed by atoms with Gasteiger partial charge in [-0.2, -0.15) is 0 Å². The van der Waals surface area contributed by atoms with Crippen LogP contribution >= 0.6 is 0 Å². The summed E-state index contributed by atoms with van der Waals surface area (Å²) in [5.41, 5.74) is 1.17. The van der Waals surface area contributed by atoms with E-state index in [1.54, 1.807) is 0 Å². The van der Waals surface area contributed by atoms with Gasteiger partial charge in [-0.15, -0.1) is 0 Å². The van der Waals surface area contributed by atoms with Crippen molar-refractivity contribution in [2.45, 2.75) is 19.0 Å². The minimum atomic E-state index is 0.205. The van der Waals surface area contributed by atoms with E-state index in [4.69, 9.17) is 0 Å². The Morgan fingerprint density at radius 3 is 2.84 bits per heavy atom. The fourth-order valence-electron chi connectivity index (χ4n) is 2.44. The topological polar surface area (TPSA) is 35.6 Å². The van der Waals surface area contributed by atoms with Crippen molar-refractivity contribution < 1.29 is 4.79 Å². The molecule has 0 bridgehead atoms. The molecule has 1 aliphatic rings. The molecule has 1 unspecified atom stereocenters. The molecule has 0 spiro atoms. The van der Waals surface area contributed by atoms with Crippen molar-refractivity contribution in [1.82, 2.24) is 15.1 Å². The standard InChI is InChI=1S/C15H23N3O/c1-17-9-8-16-14(12-17)10-15(19)18(2)11-13-6-4-3-5-7-13/h3-7,14,16H,8-12H2,1-2H3. The van der Waals surface area contributed by atoms with Gasteiger partial charge in [0.2, 0.25) is 5.91 Å². The van der Waals surface area contributed by atoms with Crippen LogP contribution in [0.2, 0.25) is 0 Å². The number of hydrogen-bond acceptors (Lipinski definition) is 3. The molecule has 1 saturated heterocycles. The summed E-state index contributed by atoms with van der Waals surface area (Å²) in [5, 5.41) is 3.41. The average molecular weight is 261 g/mol. The molecule has 1 aromatic carbocycles. The van der Waals surface area contributed by atoms with Gasteiger partial charge in [-0.1, -0.05) is 30.3 Å². The lowest BCUT2D eigenvalue weighted by molar-refractivity contribution is -0.131. The number of nitrogens with one attached hydrogen (secondary N) is 1. The number of piperazine rings is 1. The molecule has 1 N–H and O–H groups in total. The number of rotatable bonds is 4. The van der Waals surface area contributed by atoms with Crippen LogP contribution in [-0.2, 0) is 11.3 Å². The second-order valence-electron chi connectivity index (χ2n) is 5.35. The first-order valence-electron chi connectivity index (χ1n) is 6.85. The molecule has 0 radical (unpaired) electrons. The fraction of sp³-hybridized carbons (Fsp3) is 0.533. The molecule has 1 aliphatic heterocycles. The third-order valence-corrected chi connectivity index (χ3v) is 3.57. The Morgan fingerprint density at radius 1 is 1.42 bits per heavy atom. The number of carbonyl (C=O) groups excluding carboxylic acids is 1. The minimum Gasteiger partial charge on any atom is -0.341 e. The van der Waals surface area contributed by atoms with Gasteiger partial charge in [0.1, 0.15) is 0 Å². The van der Waals surface area contributed by atoms with Crippen LogP contribution in [0.1, 0.15) is 12.0 Å². The largest absolute Gasteiger partial charge is 0.341 e. The highest BCUT2D eigenvalue weighted by atomic mass is 16.2. The van der Waals surface area contributed by atoms with Crippen molar-refractivity contribution in [3.8, 4) is 0 Å². The quantitative estimate of drug-likeness (QED) is 0.876. The average Bonchev–Trinajstić information content (AvgIpc) is 2.40. The normalized spacial score (nSPS) is 20.2. The summed E-state index contributed by atoms with van der Waals surface area (Å²) in [6, 6.07) is 10.4. The van der Waals surface area contributed by atoms with Crippen molar-refractivity contribution in [2.24, 2.45) is 0 Å². The predicted octanol–water partition coefficient (Wildman–Crippen LogP) is 0.939. The molecule has 1 heterocycles. The lowest BCUT2D eigenvalue weighted by Crippen LogP contribution is -2.50. The molecule has 104 valence electrons. The molecule has 4 nitrogen and oxygen atoms in total. The van der Waals surface area contributed by atoms with Gasteiger partial charge >= 0.3 is 0 Å². The van der Waals surface area contributed by atoms with E-state index in [9.17, 15) is 4.79 Å². The third-order valence-electron chi connectivity index (χ3n) is 3.57. The lowest BCUT2D eigenvalue weighted by atomic mass is 10.1. The van der Waals surface area contributed by atoms with E-state index in [1.165, 1.54) is 5.56 Å². The Kier molecular flexibility index (Phi) is 4.93. The molecule has 1 amide bonds. The van der Waals surface area contributed by atoms with Crippen molar-refractivity contribution in [3.05, 3.63) is 35.9 Å². The zero-order chi connectivity index (χ0) is 13.7. The Hall–Kier alpha value is -1.39. The van der Waals surface area contributed by atoms with Gasteiger partial charge in [-0.3, -0.25) is 4.79 Å². The first-order chi connectivity index (χ1) is 9.15. The van der Waals surface area contributed by atoms with Crippen LogP contribution in [0.15, 0.2) is 30.3 Å². The van der Waals surface area contributed by atoms with Crippen LogP contribution in [-0.4, -0.2) is 55.5 Å². The number of amides is 1. The van der Waals surface area contributed by atoms with Gasteiger partial charge < -0.3 is 15.1 Å². The maximum absolute atomic E-state index is 12.2. The Morgan fingerprint density at radius 2 is 2.16 bits per heavy atom. The second kappa shape index (κ2) is 6.68. The second-order valence-corrected chi connectivity index (χ2v) is 5.35. The van der Waals surface area contributed by atoms with Crippen LogP contribution < -0.4 is 5.32 Å². The molecule has 2 rings (SSSR count). The van der Waals surface area contributed by atoms with E-state index in [0.717, 1.165) is 19.6 Å². The molecule has 0 aliphatic carbocycles. The van der Waals surface area contributed by atoms with Gasteiger partial charge in [-0.05, 0) is 12.6 Å². The highest BCUT2D eigenvalue weighted by Crippen LogP contribution is 2.07. The van der Waals surface area contributed by atoms with E-state index < -0.39 is 0 Å². The first kappa shape index (κ1) is 14.0. The smallest absolute Gasteiger partial charge is 0.224 e. The highest BCUT2D eigenvalue weighted by Gasteiger charge is 2.21. The fourth-order valence-corrected chi connectivity index (χ4v) is 2.44. The first-order valence-corrected chi connectivity index (χ1v) is 6.85. The van der Waals surface area contributed by atoms with Crippen LogP contribution in [0, 0.1) is 0 Å². The summed E-state index contributed by atoms with van der Waals surface area (Å²) in [6.45, 7) is 3.66. The lowest BCUT2D eigenvalue weighted by Gasteiger charge is -2.31. The van der Waals surface area contributed by atoms with Gasteiger partial charge in [0.05, 0.1) is 0 Å². The zero-order valence-electron chi connectivity index (χ0n) is 11.8. The molecular weight excluding hydrogens is 238 g/mol.